The van der Waals surface area contributed by atoms with Crippen LogP contribution in [0.2, 0.25) is 0 Å². The van der Waals surface area contributed by atoms with E-state index in [1.54, 1.807) is 4.31 Å². The Labute approximate surface area is 113 Å². The van der Waals surface area contributed by atoms with Gasteiger partial charge in [0.25, 0.3) is 10.0 Å². The molecule has 0 bridgehead atoms. The maximum absolute atomic E-state index is 12.7. The highest BCUT2D eigenvalue weighted by molar-refractivity contribution is 7.89. The van der Waals surface area contributed by atoms with Crippen molar-refractivity contribution in [1.82, 2.24) is 14.5 Å². The van der Waals surface area contributed by atoms with Crippen LogP contribution in [0.15, 0.2) is 11.2 Å². The number of aliphatic hydroxyl groups excluding tert-OH is 1. The standard InChI is InChI=1S/C12H21N3O3S/c1-2-11-6-4-3-5-7-15(11)19(17,18)12-10(9-16)8-13-14-12/h8,11,16H,2-7,9H2,1H3,(H,13,14). The molecule has 1 aromatic heterocycles. The smallest absolute Gasteiger partial charge is 0.260 e. The summed E-state index contributed by atoms with van der Waals surface area (Å²) in [6.07, 6.45) is 6.10. The van der Waals surface area contributed by atoms with Crippen molar-refractivity contribution in [1.29, 1.82) is 0 Å². The molecule has 19 heavy (non-hydrogen) atoms. The highest BCUT2D eigenvalue weighted by Gasteiger charge is 2.33. The third-order valence-electron chi connectivity index (χ3n) is 3.71. The van der Waals surface area contributed by atoms with Gasteiger partial charge in [-0.25, -0.2) is 8.42 Å². The second-order valence-electron chi connectivity index (χ2n) is 4.91. The quantitative estimate of drug-likeness (QED) is 0.872. The number of aliphatic hydroxyl groups is 1. The average Bonchev–Trinajstić information content (AvgIpc) is 2.76. The fourth-order valence-electron chi connectivity index (χ4n) is 2.63. The number of hydrogen-bond acceptors (Lipinski definition) is 4. The minimum absolute atomic E-state index is 0.0374. The molecule has 1 fully saturated rings. The molecule has 0 saturated carbocycles. The molecule has 1 unspecified atom stereocenters. The van der Waals surface area contributed by atoms with Crippen molar-refractivity contribution in [3.8, 4) is 0 Å². The Hall–Kier alpha value is -0.920. The van der Waals surface area contributed by atoms with Crippen molar-refractivity contribution in [2.24, 2.45) is 0 Å². The van der Waals surface area contributed by atoms with E-state index in [0.717, 1.165) is 32.1 Å². The zero-order valence-corrected chi connectivity index (χ0v) is 12.0. The van der Waals surface area contributed by atoms with Crippen LogP contribution in [0.4, 0.5) is 0 Å². The fraction of sp³-hybridized carbons (Fsp3) is 0.750. The van der Waals surface area contributed by atoms with E-state index in [9.17, 15) is 13.5 Å². The largest absolute Gasteiger partial charge is 0.392 e. The Balaban J connectivity index is 2.36. The van der Waals surface area contributed by atoms with Crippen LogP contribution in [0, 0.1) is 0 Å². The zero-order valence-electron chi connectivity index (χ0n) is 11.2. The summed E-state index contributed by atoms with van der Waals surface area (Å²) in [6, 6.07) is 0.0438. The first-order valence-corrected chi connectivity index (χ1v) is 8.20. The van der Waals surface area contributed by atoms with Crippen LogP contribution < -0.4 is 0 Å². The summed E-state index contributed by atoms with van der Waals surface area (Å²) in [4.78, 5) is 0. The number of aromatic nitrogens is 2. The molecule has 2 heterocycles. The molecule has 1 aromatic rings. The van der Waals surface area contributed by atoms with E-state index in [2.05, 4.69) is 10.2 Å². The Morgan fingerprint density at radius 2 is 2.26 bits per heavy atom. The van der Waals surface area contributed by atoms with Gasteiger partial charge < -0.3 is 5.11 Å². The monoisotopic (exact) mass is 287 g/mol. The van der Waals surface area contributed by atoms with Gasteiger partial charge in [-0.2, -0.15) is 9.40 Å². The number of nitrogens with one attached hydrogen (secondary N) is 1. The van der Waals surface area contributed by atoms with E-state index < -0.39 is 10.0 Å². The Kier molecular flexibility index (Phi) is 4.59. The van der Waals surface area contributed by atoms with Crippen molar-refractivity contribution in [2.45, 2.75) is 56.7 Å². The van der Waals surface area contributed by atoms with Crippen molar-refractivity contribution in [3.63, 3.8) is 0 Å². The van der Waals surface area contributed by atoms with Gasteiger partial charge in [-0.05, 0) is 19.3 Å². The van der Waals surface area contributed by atoms with Crippen molar-refractivity contribution in [2.75, 3.05) is 6.54 Å². The summed E-state index contributed by atoms with van der Waals surface area (Å²) in [6.45, 7) is 2.23. The topological polar surface area (TPSA) is 86.3 Å². The predicted molar refractivity (Wildman–Crippen MR) is 70.9 cm³/mol. The van der Waals surface area contributed by atoms with Gasteiger partial charge in [-0.1, -0.05) is 19.8 Å². The lowest BCUT2D eigenvalue weighted by Crippen LogP contribution is -2.40. The second kappa shape index (κ2) is 6.02. The first-order valence-electron chi connectivity index (χ1n) is 6.76. The normalized spacial score (nSPS) is 22.3. The van der Waals surface area contributed by atoms with Crippen molar-refractivity contribution >= 4 is 10.0 Å². The molecule has 0 spiro atoms. The molecule has 108 valence electrons. The summed E-state index contributed by atoms with van der Waals surface area (Å²) < 4.78 is 27.0. The van der Waals surface area contributed by atoms with Crippen LogP contribution in [0.25, 0.3) is 0 Å². The molecule has 1 atom stereocenters. The lowest BCUT2D eigenvalue weighted by atomic mass is 10.1. The van der Waals surface area contributed by atoms with Gasteiger partial charge in [0.2, 0.25) is 0 Å². The summed E-state index contributed by atoms with van der Waals surface area (Å²) in [5.41, 5.74) is 0.333. The van der Waals surface area contributed by atoms with Crippen LogP contribution in [0.3, 0.4) is 0 Å². The van der Waals surface area contributed by atoms with Gasteiger partial charge in [0, 0.05) is 18.2 Å². The number of hydrogen-bond donors (Lipinski definition) is 2. The maximum Gasteiger partial charge on any atom is 0.260 e. The number of rotatable bonds is 4. The minimum atomic E-state index is -3.59. The molecule has 0 radical (unpaired) electrons. The third kappa shape index (κ3) is 2.82. The van der Waals surface area contributed by atoms with Gasteiger partial charge in [0.05, 0.1) is 12.8 Å². The zero-order chi connectivity index (χ0) is 13.9. The van der Waals surface area contributed by atoms with E-state index >= 15 is 0 Å². The Bertz CT molecular complexity index is 512. The van der Waals surface area contributed by atoms with Crippen molar-refractivity contribution < 1.29 is 13.5 Å². The van der Waals surface area contributed by atoms with Gasteiger partial charge in [-0.15, -0.1) is 0 Å². The average molecular weight is 287 g/mol. The summed E-state index contributed by atoms with van der Waals surface area (Å²) in [5.74, 6) is 0. The van der Waals surface area contributed by atoms with Gasteiger partial charge in [0.15, 0.2) is 5.03 Å². The molecular weight excluding hydrogens is 266 g/mol. The molecule has 0 aromatic carbocycles. The number of H-pyrrole nitrogens is 1. The fourth-order valence-corrected chi connectivity index (χ4v) is 4.50. The number of nitrogens with zero attached hydrogens (tertiary/aromatic N) is 2. The number of aromatic amines is 1. The predicted octanol–water partition coefficient (Wildman–Crippen LogP) is 1.25. The highest BCUT2D eigenvalue weighted by Crippen LogP contribution is 2.26. The van der Waals surface area contributed by atoms with Crippen molar-refractivity contribution in [3.05, 3.63) is 11.8 Å². The Morgan fingerprint density at radius 1 is 1.47 bits per heavy atom. The van der Waals surface area contributed by atoms with E-state index in [4.69, 9.17) is 0 Å². The van der Waals surface area contributed by atoms with Gasteiger partial charge in [0.1, 0.15) is 0 Å². The Morgan fingerprint density at radius 3 is 2.95 bits per heavy atom. The molecule has 0 aliphatic carbocycles. The SMILES string of the molecule is CCC1CCCCCN1S(=O)(=O)c1[nH]ncc1CO. The van der Waals surface area contributed by atoms with E-state index in [1.807, 2.05) is 6.92 Å². The van der Waals surface area contributed by atoms with Crippen LogP contribution >= 0.6 is 0 Å². The summed E-state index contributed by atoms with van der Waals surface area (Å²) >= 11 is 0. The minimum Gasteiger partial charge on any atom is -0.392 e. The molecule has 1 saturated heterocycles. The molecular formula is C12H21N3O3S. The summed E-state index contributed by atoms with van der Waals surface area (Å²) in [5, 5.41) is 15.5. The third-order valence-corrected chi connectivity index (χ3v) is 5.68. The van der Waals surface area contributed by atoms with E-state index in [0.29, 0.717) is 12.1 Å². The van der Waals surface area contributed by atoms with E-state index in [1.165, 1.54) is 6.20 Å². The van der Waals surface area contributed by atoms with Crippen LogP contribution in [-0.4, -0.2) is 40.6 Å². The molecule has 0 amide bonds. The molecule has 6 nitrogen and oxygen atoms in total. The van der Waals surface area contributed by atoms with Crippen LogP contribution in [-0.2, 0) is 16.6 Å². The molecule has 1 aliphatic heterocycles. The van der Waals surface area contributed by atoms with Gasteiger partial charge >= 0.3 is 0 Å². The second-order valence-corrected chi connectivity index (χ2v) is 6.74. The van der Waals surface area contributed by atoms with E-state index in [-0.39, 0.29) is 17.7 Å². The maximum atomic E-state index is 12.7. The highest BCUT2D eigenvalue weighted by atomic mass is 32.2. The molecule has 2 N–H and O–H groups in total. The first kappa shape index (κ1) is 14.5. The lowest BCUT2D eigenvalue weighted by molar-refractivity contribution is 0.276. The lowest BCUT2D eigenvalue weighted by Gasteiger charge is -2.27. The number of sulfonamides is 1. The van der Waals surface area contributed by atoms with Gasteiger partial charge in [-0.3, -0.25) is 5.10 Å². The van der Waals surface area contributed by atoms with Crippen LogP contribution in [0.1, 0.15) is 44.6 Å². The molecule has 2 rings (SSSR count). The molecule has 7 heteroatoms. The summed E-state index contributed by atoms with van der Waals surface area (Å²) in [7, 11) is -3.59. The first-order chi connectivity index (χ1) is 9.11. The van der Waals surface area contributed by atoms with Crippen LogP contribution in [0.5, 0.6) is 0 Å². The molecule has 1 aliphatic rings.